The standard InChI is InChI=1S/C24H16BrCl3N4/c25-17-5-1-15(2-6-17)22-24(31-12-11-29-14-31)23(16-3-7-18(26)8-4-16)32(30-22)19-9-10-20(27)21(28)13-19/h1-14,23-24H/t23-,24+/m1/s1. The molecule has 0 bridgehead atoms. The van der Waals surface area contributed by atoms with Gasteiger partial charge in [0.1, 0.15) is 12.1 Å². The maximum absolute atomic E-state index is 6.37. The van der Waals surface area contributed by atoms with Crippen LogP contribution in [0.25, 0.3) is 0 Å². The van der Waals surface area contributed by atoms with Crippen LogP contribution in [0.4, 0.5) is 5.69 Å². The van der Waals surface area contributed by atoms with Gasteiger partial charge in [-0.2, -0.15) is 5.10 Å². The Labute approximate surface area is 209 Å². The van der Waals surface area contributed by atoms with Gasteiger partial charge >= 0.3 is 0 Å². The van der Waals surface area contributed by atoms with E-state index < -0.39 is 0 Å². The molecule has 160 valence electrons. The van der Waals surface area contributed by atoms with Crippen LogP contribution in [0, 0.1) is 0 Å². The van der Waals surface area contributed by atoms with Crippen LogP contribution in [-0.2, 0) is 0 Å². The minimum Gasteiger partial charge on any atom is -0.326 e. The second-order valence-electron chi connectivity index (χ2n) is 7.39. The molecule has 0 amide bonds. The summed E-state index contributed by atoms with van der Waals surface area (Å²) in [4.78, 5) is 4.30. The summed E-state index contributed by atoms with van der Waals surface area (Å²) in [7, 11) is 0. The normalized spacial score (nSPS) is 18.1. The van der Waals surface area contributed by atoms with Gasteiger partial charge in [0.05, 0.1) is 27.8 Å². The number of hydrazone groups is 1. The fourth-order valence-electron chi connectivity index (χ4n) is 3.94. The summed E-state index contributed by atoms with van der Waals surface area (Å²) < 4.78 is 3.09. The molecule has 5 rings (SSSR count). The highest BCUT2D eigenvalue weighted by Crippen LogP contribution is 2.44. The number of nitrogens with zero attached hydrogens (tertiary/aromatic N) is 4. The average Bonchev–Trinajstić information content (AvgIpc) is 3.45. The monoisotopic (exact) mass is 544 g/mol. The quantitative estimate of drug-likeness (QED) is 0.262. The molecule has 0 aliphatic carbocycles. The second-order valence-corrected chi connectivity index (χ2v) is 9.55. The van der Waals surface area contributed by atoms with Gasteiger partial charge in [0.25, 0.3) is 0 Å². The van der Waals surface area contributed by atoms with Gasteiger partial charge in [-0.25, -0.2) is 4.98 Å². The molecule has 0 saturated heterocycles. The first-order valence-corrected chi connectivity index (χ1v) is 11.8. The first kappa shape index (κ1) is 21.5. The molecule has 8 heteroatoms. The van der Waals surface area contributed by atoms with Crippen LogP contribution in [0.3, 0.4) is 0 Å². The summed E-state index contributed by atoms with van der Waals surface area (Å²) in [6.45, 7) is 0. The maximum Gasteiger partial charge on any atom is 0.106 e. The Morgan fingerprint density at radius 3 is 2.22 bits per heavy atom. The SMILES string of the molecule is Clc1ccc([C@@H]2[C@@H](n3ccnc3)C(c3ccc(Br)cc3)=NN2c2ccc(Cl)c(Cl)c2)cc1. The van der Waals surface area contributed by atoms with Gasteiger partial charge in [-0.15, -0.1) is 0 Å². The highest BCUT2D eigenvalue weighted by Gasteiger charge is 2.41. The molecule has 32 heavy (non-hydrogen) atoms. The third kappa shape index (κ3) is 4.06. The Bertz CT molecular complexity index is 1270. The molecule has 4 aromatic rings. The smallest absolute Gasteiger partial charge is 0.106 e. The average molecular weight is 547 g/mol. The summed E-state index contributed by atoms with van der Waals surface area (Å²) >= 11 is 22.3. The molecular formula is C24H16BrCl3N4. The van der Waals surface area contributed by atoms with Crippen molar-refractivity contribution >= 4 is 62.1 Å². The van der Waals surface area contributed by atoms with E-state index in [0.29, 0.717) is 15.1 Å². The number of aromatic nitrogens is 2. The van der Waals surface area contributed by atoms with Crippen molar-refractivity contribution in [2.75, 3.05) is 5.01 Å². The zero-order valence-electron chi connectivity index (χ0n) is 16.5. The van der Waals surface area contributed by atoms with E-state index in [0.717, 1.165) is 27.0 Å². The molecule has 3 aromatic carbocycles. The van der Waals surface area contributed by atoms with Crippen molar-refractivity contribution < 1.29 is 0 Å². The van der Waals surface area contributed by atoms with E-state index in [9.17, 15) is 0 Å². The Hall–Kier alpha value is -2.31. The van der Waals surface area contributed by atoms with Crippen LogP contribution in [0.15, 0.2) is 95.0 Å². The van der Waals surface area contributed by atoms with E-state index in [4.69, 9.17) is 39.9 Å². The highest BCUT2D eigenvalue weighted by molar-refractivity contribution is 9.10. The van der Waals surface area contributed by atoms with E-state index in [-0.39, 0.29) is 12.1 Å². The predicted octanol–water partition coefficient (Wildman–Crippen LogP) is 7.81. The Morgan fingerprint density at radius 2 is 1.56 bits per heavy atom. The van der Waals surface area contributed by atoms with E-state index in [1.807, 2.05) is 66.1 Å². The summed E-state index contributed by atoms with van der Waals surface area (Å²) in [5, 5.41) is 8.75. The first-order chi connectivity index (χ1) is 15.5. The highest BCUT2D eigenvalue weighted by atomic mass is 79.9. The van der Waals surface area contributed by atoms with E-state index in [1.165, 1.54) is 0 Å². The summed E-state index contributed by atoms with van der Waals surface area (Å²) in [6.07, 6.45) is 5.56. The number of rotatable bonds is 4. The summed E-state index contributed by atoms with van der Waals surface area (Å²) in [5.74, 6) is 0. The van der Waals surface area contributed by atoms with E-state index in [1.54, 1.807) is 12.3 Å². The van der Waals surface area contributed by atoms with Crippen LogP contribution in [0.1, 0.15) is 23.2 Å². The lowest BCUT2D eigenvalue weighted by Crippen LogP contribution is -2.28. The number of halogens is 4. The molecule has 0 radical (unpaired) electrons. The molecule has 2 heterocycles. The third-order valence-corrected chi connectivity index (χ3v) is 6.94. The summed E-state index contributed by atoms with van der Waals surface area (Å²) in [6, 6.07) is 21.3. The summed E-state index contributed by atoms with van der Waals surface area (Å²) in [5.41, 5.74) is 3.85. The van der Waals surface area contributed by atoms with Crippen molar-refractivity contribution in [3.63, 3.8) is 0 Å². The fraction of sp³-hybridized carbons (Fsp3) is 0.0833. The zero-order chi connectivity index (χ0) is 22.2. The van der Waals surface area contributed by atoms with Crippen molar-refractivity contribution in [1.82, 2.24) is 9.55 Å². The number of hydrogen-bond donors (Lipinski definition) is 0. The molecule has 1 aliphatic heterocycles. The Balaban J connectivity index is 1.71. The number of imidazole rings is 1. The van der Waals surface area contributed by atoms with Crippen molar-refractivity contribution in [2.24, 2.45) is 5.10 Å². The van der Waals surface area contributed by atoms with Gasteiger partial charge in [-0.05, 0) is 48.0 Å². The van der Waals surface area contributed by atoms with Gasteiger partial charge in [-0.3, -0.25) is 5.01 Å². The van der Waals surface area contributed by atoms with Crippen LogP contribution in [-0.4, -0.2) is 15.3 Å². The van der Waals surface area contributed by atoms with Gasteiger partial charge in [0.15, 0.2) is 0 Å². The van der Waals surface area contributed by atoms with Gasteiger partial charge < -0.3 is 4.57 Å². The molecule has 0 unspecified atom stereocenters. The van der Waals surface area contributed by atoms with Crippen LogP contribution in [0.2, 0.25) is 15.1 Å². The van der Waals surface area contributed by atoms with Gasteiger partial charge in [0, 0.05) is 27.5 Å². The fourth-order valence-corrected chi connectivity index (χ4v) is 4.62. The minimum atomic E-state index is -0.155. The molecule has 0 N–H and O–H groups in total. The molecule has 0 saturated carbocycles. The van der Waals surface area contributed by atoms with Gasteiger partial charge in [0.2, 0.25) is 0 Å². The van der Waals surface area contributed by atoms with Crippen LogP contribution >= 0.6 is 50.7 Å². The lowest BCUT2D eigenvalue weighted by Gasteiger charge is -2.29. The number of anilines is 1. The molecule has 4 nitrogen and oxygen atoms in total. The van der Waals surface area contributed by atoms with Crippen molar-refractivity contribution in [3.05, 3.63) is 116 Å². The third-order valence-electron chi connectivity index (χ3n) is 5.42. The zero-order valence-corrected chi connectivity index (χ0v) is 20.4. The number of benzene rings is 3. The van der Waals surface area contributed by atoms with Crippen LogP contribution in [0.5, 0.6) is 0 Å². The largest absolute Gasteiger partial charge is 0.326 e. The second kappa shape index (κ2) is 8.91. The predicted molar refractivity (Wildman–Crippen MR) is 135 cm³/mol. The maximum atomic E-state index is 6.37. The molecule has 1 aromatic heterocycles. The lowest BCUT2D eigenvalue weighted by molar-refractivity contribution is 0.527. The molecular weight excluding hydrogens is 531 g/mol. The topological polar surface area (TPSA) is 33.4 Å². The Morgan fingerprint density at radius 1 is 0.812 bits per heavy atom. The molecule has 2 atom stereocenters. The van der Waals surface area contributed by atoms with E-state index in [2.05, 4.69) is 37.6 Å². The van der Waals surface area contributed by atoms with Crippen molar-refractivity contribution in [2.45, 2.75) is 12.1 Å². The minimum absolute atomic E-state index is 0.130. The van der Waals surface area contributed by atoms with Crippen molar-refractivity contribution in [3.8, 4) is 0 Å². The molecule has 0 fully saturated rings. The molecule has 1 aliphatic rings. The molecule has 0 spiro atoms. The van der Waals surface area contributed by atoms with Gasteiger partial charge in [-0.1, -0.05) is 75.0 Å². The number of hydrogen-bond acceptors (Lipinski definition) is 3. The van der Waals surface area contributed by atoms with E-state index >= 15 is 0 Å². The van der Waals surface area contributed by atoms with Crippen LogP contribution < -0.4 is 5.01 Å². The van der Waals surface area contributed by atoms with Crippen molar-refractivity contribution in [1.29, 1.82) is 0 Å². The Kier molecular flexibility index (Phi) is 5.99. The lowest BCUT2D eigenvalue weighted by atomic mass is 9.92. The first-order valence-electron chi connectivity index (χ1n) is 9.83.